The van der Waals surface area contributed by atoms with Crippen LogP contribution in [0.5, 0.6) is 11.5 Å². The molecule has 1 saturated heterocycles. The number of aryl methyl sites for hydroxylation is 1. The van der Waals surface area contributed by atoms with E-state index in [0.29, 0.717) is 11.3 Å². The topological polar surface area (TPSA) is 78.9 Å². The molecule has 26 heavy (non-hydrogen) atoms. The van der Waals surface area contributed by atoms with Crippen LogP contribution in [0.2, 0.25) is 0 Å². The fourth-order valence-electron chi connectivity index (χ4n) is 2.64. The standard InChI is InChI=1S/C19H16N2O4S/c1-11-5-3-4-6-14(11)21-18(24)13(17(23)20-19(21)26)9-12-7-8-15(22)16(10-12)25-2/h3-10,22H,1-2H3,(H,20,23,26)/b13-9+. The number of hydrogen-bond acceptors (Lipinski definition) is 5. The molecule has 1 fully saturated rings. The molecule has 1 aliphatic rings. The molecule has 7 heteroatoms. The van der Waals surface area contributed by atoms with Crippen LogP contribution in [-0.2, 0) is 9.59 Å². The Bertz CT molecular complexity index is 952. The molecular formula is C19H16N2O4S. The number of carbonyl (C=O) groups excluding carboxylic acids is 2. The number of rotatable bonds is 3. The van der Waals surface area contributed by atoms with E-state index >= 15 is 0 Å². The molecule has 0 bridgehead atoms. The van der Waals surface area contributed by atoms with Crippen molar-refractivity contribution >= 4 is 40.9 Å². The van der Waals surface area contributed by atoms with Crippen LogP contribution in [0, 0.1) is 6.92 Å². The van der Waals surface area contributed by atoms with Crippen LogP contribution in [-0.4, -0.2) is 29.1 Å². The van der Waals surface area contributed by atoms with Gasteiger partial charge in [-0.2, -0.15) is 0 Å². The second kappa shape index (κ2) is 6.97. The smallest absolute Gasteiger partial charge is 0.270 e. The van der Waals surface area contributed by atoms with Gasteiger partial charge in [0.1, 0.15) is 5.57 Å². The molecule has 2 aromatic carbocycles. The minimum atomic E-state index is -0.572. The van der Waals surface area contributed by atoms with Crippen LogP contribution in [0.25, 0.3) is 6.08 Å². The number of methoxy groups -OCH3 is 1. The van der Waals surface area contributed by atoms with Gasteiger partial charge in [-0.15, -0.1) is 0 Å². The number of hydrogen-bond donors (Lipinski definition) is 2. The van der Waals surface area contributed by atoms with Gasteiger partial charge in [0.2, 0.25) is 0 Å². The third-order valence-corrected chi connectivity index (χ3v) is 4.26. The van der Waals surface area contributed by atoms with Crippen LogP contribution >= 0.6 is 12.2 Å². The maximum Gasteiger partial charge on any atom is 0.270 e. The van der Waals surface area contributed by atoms with E-state index in [1.54, 1.807) is 18.2 Å². The number of para-hydroxylation sites is 1. The number of phenols is 1. The highest BCUT2D eigenvalue weighted by molar-refractivity contribution is 7.80. The summed E-state index contributed by atoms with van der Waals surface area (Å²) in [5.41, 5.74) is 1.94. The van der Waals surface area contributed by atoms with Crippen molar-refractivity contribution in [3.8, 4) is 11.5 Å². The Kier molecular flexibility index (Phi) is 4.73. The van der Waals surface area contributed by atoms with E-state index in [-0.39, 0.29) is 22.2 Å². The summed E-state index contributed by atoms with van der Waals surface area (Å²) in [4.78, 5) is 26.6. The zero-order valence-corrected chi connectivity index (χ0v) is 15.0. The number of aromatic hydroxyl groups is 1. The van der Waals surface area contributed by atoms with Crippen LogP contribution in [0.15, 0.2) is 48.0 Å². The first-order valence-electron chi connectivity index (χ1n) is 7.76. The van der Waals surface area contributed by atoms with Crippen LogP contribution < -0.4 is 15.0 Å². The molecule has 0 aromatic heterocycles. The molecule has 132 valence electrons. The Morgan fingerprint density at radius 1 is 1.19 bits per heavy atom. The van der Waals surface area contributed by atoms with Crippen molar-refractivity contribution in [2.24, 2.45) is 0 Å². The number of thiocarbonyl (C=S) groups is 1. The summed E-state index contributed by atoms with van der Waals surface area (Å²) < 4.78 is 5.06. The van der Waals surface area contributed by atoms with E-state index < -0.39 is 11.8 Å². The number of amides is 2. The van der Waals surface area contributed by atoms with Crippen LogP contribution in [0.1, 0.15) is 11.1 Å². The average Bonchev–Trinajstić information content (AvgIpc) is 2.61. The Morgan fingerprint density at radius 3 is 2.62 bits per heavy atom. The van der Waals surface area contributed by atoms with E-state index in [4.69, 9.17) is 17.0 Å². The highest BCUT2D eigenvalue weighted by atomic mass is 32.1. The Morgan fingerprint density at radius 2 is 1.92 bits per heavy atom. The molecule has 3 rings (SSSR count). The van der Waals surface area contributed by atoms with Gasteiger partial charge < -0.3 is 9.84 Å². The predicted octanol–water partition coefficient (Wildman–Crippen LogP) is 2.54. The number of ether oxygens (including phenoxy) is 1. The van der Waals surface area contributed by atoms with Crippen molar-refractivity contribution in [3.63, 3.8) is 0 Å². The molecule has 0 aliphatic carbocycles. The summed E-state index contributed by atoms with van der Waals surface area (Å²) in [5, 5.41) is 12.3. The molecule has 2 N–H and O–H groups in total. The van der Waals surface area contributed by atoms with Crippen molar-refractivity contribution in [3.05, 3.63) is 59.2 Å². The summed E-state index contributed by atoms with van der Waals surface area (Å²) in [6.45, 7) is 1.86. The first-order valence-corrected chi connectivity index (χ1v) is 8.17. The number of carbonyl (C=O) groups is 2. The Labute approximate surface area is 155 Å². The minimum absolute atomic E-state index is 0.0308. The Balaban J connectivity index is 2.04. The maximum atomic E-state index is 13.0. The zero-order chi connectivity index (χ0) is 18.8. The van der Waals surface area contributed by atoms with Gasteiger partial charge in [0.15, 0.2) is 16.6 Å². The molecule has 0 radical (unpaired) electrons. The third-order valence-electron chi connectivity index (χ3n) is 3.97. The predicted molar refractivity (Wildman–Crippen MR) is 102 cm³/mol. The summed E-state index contributed by atoms with van der Waals surface area (Å²) in [6, 6.07) is 11.8. The molecular weight excluding hydrogens is 352 g/mol. The van der Waals surface area contributed by atoms with E-state index in [1.807, 2.05) is 19.1 Å². The lowest BCUT2D eigenvalue weighted by Crippen LogP contribution is -2.54. The summed E-state index contributed by atoms with van der Waals surface area (Å²) in [6.07, 6.45) is 1.44. The lowest BCUT2D eigenvalue weighted by Gasteiger charge is -2.30. The first-order chi connectivity index (χ1) is 12.4. The van der Waals surface area contributed by atoms with Crippen LogP contribution in [0.3, 0.4) is 0 Å². The lowest BCUT2D eigenvalue weighted by atomic mass is 10.1. The van der Waals surface area contributed by atoms with Gasteiger partial charge in [0.05, 0.1) is 12.8 Å². The van der Waals surface area contributed by atoms with Gasteiger partial charge >= 0.3 is 0 Å². The van der Waals surface area contributed by atoms with Crippen molar-refractivity contribution in [2.45, 2.75) is 6.92 Å². The van der Waals surface area contributed by atoms with Crippen LogP contribution in [0.4, 0.5) is 5.69 Å². The monoisotopic (exact) mass is 368 g/mol. The summed E-state index contributed by atoms with van der Waals surface area (Å²) in [5.74, 6) is -0.872. The maximum absolute atomic E-state index is 13.0. The lowest BCUT2D eigenvalue weighted by molar-refractivity contribution is -0.122. The van der Waals surface area contributed by atoms with Crippen molar-refractivity contribution in [1.82, 2.24) is 5.32 Å². The van der Waals surface area contributed by atoms with Crippen molar-refractivity contribution in [2.75, 3.05) is 12.0 Å². The number of benzene rings is 2. The van der Waals surface area contributed by atoms with Gasteiger partial charge in [-0.25, -0.2) is 0 Å². The third kappa shape index (κ3) is 3.16. The van der Waals surface area contributed by atoms with Gasteiger partial charge in [-0.3, -0.25) is 19.8 Å². The summed E-state index contributed by atoms with van der Waals surface area (Å²) >= 11 is 5.19. The normalized spacial score (nSPS) is 16.0. The van der Waals surface area contributed by atoms with E-state index in [9.17, 15) is 14.7 Å². The van der Waals surface area contributed by atoms with Gasteiger partial charge in [-0.05, 0) is 54.5 Å². The second-order valence-corrected chi connectivity index (χ2v) is 6.06. The highest BCUT2D eigenvalue weighted by Gasteiger charge is 2.35. The first kappa shape index (κ1) is 17.6. The van der Waals surface area contributed by atoms with Gasteiger partial charge in [-0.1, -0.05) is 24.3 Å². The van der Waals surface area contributed by atoms with E-state index in [1.165, 1.54) is 30.2 Å². The molecule has 0 atom stereocenters. The molecule has 1 heterocycles. The van der Waals surface area contributed by atoms with Crippen molar-refractivity contribution in [1.29, 1.82) is 0 Å². The number of nitrogens with zero attached hydrogens (tertiary/aromatic N) is 1. The van der Waals surface area contributed by atoms with E-state index in [2.05, 4.69) is 5.32 Å². The SMILES string of the molecule is COc1cc(/C=C2\C(=O)NC(=S)N(c3ccccc3C)C2=O)ccc1O. The quantitative estimate of drug-likeness (QED) is 0.495. The number of phenolic OH excluding ortho intramolecular Hbond substituents is 1. The fourth-order valence-corrected chi connectivity index (χ4v) is 2.92. The fraction of sp³-hybridized carbons (Fsp3) is 0.105. The zero-order valence-electron chi connectivity index (χ0n) is 14.1. The van der Waals surface area contributed by atoms with Crippen molar-refractivity contribution < 1.29 is 19.4 Å². The second-order valence-electron chi connectivity index (χ2n) is 5.68. The highest BCUT2D eigenvalue weighted by Crippen LogP contribution is 2.29. The number of nitrogens with one attached hydrogen (secondary N) is 1. The number of anilines is 1. The Hall–Kier alpha value is -3.19. The molecule has 0 spiro atoms. The molecule has 2 aromatic rings. The van der Waals surface area contributed by atoms with Gasteiger partial charge in [0, 0.05) is 0 Å². The van der Waals surface area contributed by atoms with Gasteiger partial charge in [0.25, 0.3) is 11.8 Å². The summed E-state index contributed by atoms with van der Waals surface area (Å²) in [7, 11) is 1.42. The molecule has 0 unspecified atom stereocenters. The largest absolute Gasteiger partial charge is 0.504 e. The molecule has 1 aliphatic heterocycles. The van der Waals surface area contributed by atoms with E-state index in [0.717, 1.165) is 5.56 Å². The molecule has 2 amide bonds. The molecule has 6 nitrogen and oxygen atoms in total. The molecule has 0 saturated carbocycles. The average molecular weight is 368 g/mol. The minimum Gasteiger partial charge on any atom is -0.504 e.